The lowest BCUT2D eigenvalue weighted by atomic mass is 10.1. The maximum absolute atomic E-state index is 12.7. The van der Waals surface area contributed by atoms with E-state index in [0.29, 0.717) is 17.1 Å². The summed E-state index contributed by atoms with van der Waals surface area (Å²) in [6.45, 7) is 3.59. The van der Waals surface area contributed by atoms with E-state index in [2.05, 4.69) is 21.2 Å². The topological polar surface area (TPSA) is 104 Å². The van der Waals surface area contributed by atoms with Gasteiger partial charge in [0, 0.05) is 4.47 Å². The first-order valence-corrected chi connectivity index (χ1v) is 11.1. The summed E-state index contributed by atoms with van der Waals surface area (Å²) in [4.78, 5) is 37.4. The number of carbonyl (C=O) groups is 3. The molecule has 0 bridgehead atoms. The first-order chi connectivity index (χ1) is 15.3. The van der Waals surface area contributed by atoms with Crippen molar-refractivity contribution < 1.29 is 33.0 Å². The molecule has 0 fully saturated rings. The van der Waals surface area contributed by atoms with Crippen molar-refractivity contribution in [1.82, 2.24) is 0 Å². The number of nitrogens with one attached hydrogen (secondary N) is 1. The van der Waals surface area contributed by atoms with E-state index in [1.807, 2.05) is 12.1 Å². The summed E-state index contributed by atoms with van der Waals surface area (Å²) >= 11 is 4.29. The average molecular weight is 522 g/mol. The number of methoxy groups -OCH3 is 1. The SMILES string of the molecule is CCOC(=O)c1sc(NC(=O)c2ccc(COc3ccc(Br)cc3)o2)c(C(=O)OC)c1C. The van der Waals surface area contributed by atoms with Gasteiger partial charge in [-0.2, -0.15) is 0 Å². The molecule has 0 aliphatic carbocycles. The predicted molar refractivity (Wildman–Crippen MR) is 121 cm³/mol. The lowest BCUT2D eigenvalue weighted by Crippen LogP contribution is -2.13. The van der Waals surface area contributed by atoms with Gasteiger partial charge in [-0.15, -0.1) is 11.3 Å². The number of hydrogen-bond acceptors (Lipinski definition) is 8. The van der Waals surface area contributed by atoms with Crippen molar-refractivity contribution in [2.24, 2.45) is 0 Å². The normalized spacial score (nSPS) is 10.5. The Morgan fingerprint density at radius 1 is 1.09 bits per heavy atom. The number of rotatable bonds is 8. The molecule has 0 saturated carbocycles. The van der Waals surface area contributed by atoms with Crippen LogP contribution in [0, 0.1) is 6.92 Å². The summed E-state index contributed by atoms with van der Waals surface area (Å²) in [5.74, 6) is -0.709. The van der Waals surface area contributed by atoms with Crippen LogP contribution in [-0.4, -0.2) is 31.6 Å². The number of esters is 2. The quantitative estimate of drug-likeness (QED) is 0.405. The number of halogens is 1. The molecule has 0 spiro atoms. The van der Waals surface area contributed by atoms with Gasteiger partial charge in [-0.25, -0.2) is 9.59 Å². The van der Waals surface area contributed by atoms with Crippen molar-refractivity contribution in [3.63, 3.8) is 0 Å². The van der Waals surface area contributed by atoms with Gasteiger partial charge in [0.05, 0.1) is 19.3 Å². The van der Waals surface area contributed by atoms with E-state index < -0.39 is 17.8 Å². The smallest absolute Gasteiger partial charge is 0.348 e. The van der Waals surface area contributed by atoms with E-state index in [4.69, 9.17) is 18.6 Å². The average Bonchev–Trinajstić information content (AvgIpc) is 3.38. The van der Waals surface area contributed by atoms with Crippen LogP contribution in [0.15, 0.2) is 45.3 Å². The molecule has 1 N–H and O–H groups in total. The van der Waals surface area contributed by atoms with Crippen LogP contribution < -0.4 is 10.1 Å². The van der Waals surface area contributed by atoms with Crippen LogP contribution in [0.1, 0.15) is 48.8 Å². The predicted octanol–water partition coefficient (Wildman–Crippen LogP) is 5.21. The van der Waals surface area contributed by atoms with Crippen molar-refractivity contribution >= 4 is 50.1 Å². The Kier molecular flexibility index (Phi) is 7.70. The third-order valence-corrected chi connectivity index (χ3v) is 6.02. The lowest BCUT2D eigenvalue weighted by Gasteiger charge is -2.05. The molecular formula is C22H20BrNO7S. The molecule has 168 valence electrons. The van der Waals surface area contributed by atoms with Crippen LogP contribution in [0.5, 0.6) is 5.75 Å². The standard InChI is InChI=1S/C22H20BrNO7S/c1-4-29-22(27)18-12(2)17(21(26)28-3)20(32-18)24-19(25)16-10-9-15(31-16)11-30-14-7-5-13(23)6-8-14/h5-10H,4,11H2,1-3H3,(H,24,25). The van der Waals surface area contributed by atoms with Crippen molar-refractivity contribution in [1.29, 1.82) is 0 Å². The molecule has 1 aromatic carbocycles. The fourth-order valence-corrected chi connectivity index (χ4v) is 4.12. The first-order valence-electron chi connectivity index (χ1n) is 9.51. The summed E-state index contributed by atoms with van der Waals surface area (Å²) in [7, 11) is 1.22. The number of benzene rings is 1. The molecular weight excluding hydrogens is 502 g/mol. The Labute approximate surface area is 196 Å². The van der Waals surface area contributed by atoms with Gasteiger partial charge in [0.25, 0.3) is 5.91 Å². The van der Waals surface area contributed by atoms with E-state index in [0.717, 1.165) is 15.8 Å². The summed E-state index contributed by atoms with van der Waals surface area (Å²) in [5.41, 5.74) is 0.470. The molecule has 32 heavy (non-hydrogen) atoms. The summed E-state index contributed by atoms with van der Waals surface area (Å²) in [6.07, 6.45) is 0. The fraction of sp³-hybridized carbons (Fsp3) is 0.227. The highest BCUT2D eigenvalue weighted by atomic mass is 79.9. The van der Waals surface area contributed by atoms with Crippen molar-refractivity contribution in [2.75, 3.05) is 19.0 Å². The van der Waals surface area contributed by atoms with Gasteiger partial charge in [-0.1, -0.05) is 15.9 Å². The summed E-state index contributed by atoms with van der Waals surface area (Å²) < 4.78 is 22.0. The Hall–Kier alpha value is -3.11. The molecule has 0 aliphatic heterocycles. The van der Waals surface area contributed by atoms with Gasteiger partial charge in [-0.3, -0.25) is 4.79 Å². The van der Waals surface area contributed by atoms with Crippen LogP contribution >= 0.6 is 27.3 Å². The number of amides is 1. The van der Waals surface area contributed by atoms with Crippen LogP contribution in [0.4, 0.5) is 5.00 Å². The minimum atomic E-state index is -0.673. The Bertz CT molecular complexity index is 1130. The van der Waals surface area contributed by atoms with E-state index in [1.54, 1.807) is 32.0 Å². The Balaban J connectivity index is 1.75. The Morgan fingerprint density at radius 2 is 1.81 bits per heavy atom. The number of furan rings is 1. The van der Waals surface area contributed by atoms with Crippen LogP contribution in [-0.2, 0) is 16.1 Å². The van der Waals surface area contributed by atoms with Gasteiger partial charge >= 0.3 is 11.9 Å². The fourth-order valence-electron chi connectivity index (χ4n) is 2.77. The van der Waals surface area contributed by atoms with Crippen molar-refractivity contribution in [3.8, 4) is 5.75 Å². The molecule has 1 amide bonds. The van der Waals surface area contributed by atoms with Crippen LogP contribution in [0.25, 0.3) is 0 Å². The molecule has 3 rings (SSSR count). The molecule has 10 heteroatoms. The molecule has 0 aliphatic rings. The molecule has 2 aromatic heterocycles. The third-order valence-electron chi connectivity index (χ3n) is 4.30. The number of carbonyl (C=O) groups excluding carboxylic acids is 3. The number of thiophene rings is 1. The molecule has 0 unspecified atom stereocenters. The van der Waals surface area contributed by atoms with Crippen molar-refractivity contribution in [3.05, 3.63) is 68.4 Å². The highest BCUT2D eigenvalue weighted by Gasteiger charge is 2.27. The molecule has 3 aromatic rings. The monoisotopic (exact) mass is 521 g/mol. The zero-order chi connectivity index (χ0) is 23.3. The molecule has 8 nitrogen and oxygen atoms in total. The molecule has 0 atom stereocenters. The van der Waals surface area contributed by atoms with Gasteiger partial charge in [0.2, 0.25) is 0 Å². The number of ether oxygens (including phenoxy) is 3. The zero-order valence-electron chi connectivity index (χ0n) is 17.5. The largest absolute Gasteiger partial charge is 0.486 e. The summed E-state index contributed by atoms with van der Waals surface area (Å²) in [6, 6.07) is 10.4. The third kappa shape index (κ3) is 5.38. The maximum atomic E-state index is 12.7. The first kappa shape index (κ1) is 23.6. The van der Waals surface area contributed by atoms with Crippen molar-refractivity contribution in [2.45, 2.75) is 20.5 Å². The maximum Gasteiger partial charge on any atom is 0.348 e. The van der Waals surface area contributed by atoms with Gasteiger partial charge in [-0.05, 0) is 55.8 Å². The second-order valence-electron chi connectivity index (χ2n) is 6.44. The molecule has 0 radical (unpaired) electrons. The molecule has 0 saturated heterocycles. The van der Waals surface area contributed by atoms with E-state index >= 15 is 0 Å². The van der Waals surface area contributed by atoms with Gasteiger partial charge in [0.15, 0.2) is 5.76 Å². The van der Waals surface area contributed by atoms with Crippen LogP contribution in [0.2, 0.25) is 0 Å². The Morgan fingerprint density at radius 3 is 2.47 bits per heavy atom. The molecule has 2 heterocycles. The van der Waals surface area contributed by atoms with E-state index in [9.17, 15) is 14.4 Å². The highest BCUT2D eigenvalue weighted by molar-refractivity contribution is 9.10. The van der Waals surface area contributed by atoms with Gasteiger partial charge < -0.3 is 23.9 Å². The second kappa shape index (κ2) is 10.5. The summed E-state index contributed by atoms with van der Waals surface area (Å²) in [5, 5.41) is 2.80. The van der Waals surface area contributed by atoms with Crippen LogP contribution in [0.3, 0.4) is 0 Å². The second-order valence-corrected chi connectivity index (χ2v) is 8.37. The minimum absolute atomic E-state index is 0.0268. The van der Waals surface area contributed by atoms with E-state index in [-0.39, 0.29) is 34.4 Å². The lowest BCUT2D eigenvalue weighted by molar-refractivity contribution is 0.0531. The number of anilines is 1. The minimum Gasteiger partial charge on any atom is -0.486 e. The number of hydrogen-bond donors (Lipinski definition) is 1. The van der Waals surface area contributed by atoms with E-state index in [1.165, 1.54) is 13.2 Å². The zero-order valence-corrected chi connectivity index (χ0v) is 19.9. The van der Waals surface area contributed by atoms with Gasteiger partial charge in [0.1, 0.15) is 28.0 Å². The highest BCUT2D eigenvalue weighted by Crippen LogP contribution is 2.34.